The Morgan fingerprint density at radius 3 is 2.18 bits per heavy atom. The van der Waals surface area contributed by atoms with Crippen LogP contribution in [0.2, 0.25) is 0 Å². The van der Waals surface area contributed by atoms with E-state index < -0.39 is 11.2 Å². The van der Waals surface area contributed by atoms with Crippen LogP contribution in [-0.4, -0.2) is 23.8 Å². The monoisotopic (exact) mass is 448 g/mol. The molecule has 1 heterocycles. The van der Waals surface area contributed by atoms with Crippen LogP contribution in [0.15, 0.2) is 95.4 Å². The number of benzene rings is 4. The summed E-state index contributed by atoms with van der Waals surface area (Å²) in [6.07, 6.45) is 0. The van der Waals surface area contributed by atoms with Crippen molar-refractivity contribution in [3.05, 3.63) is 91.0 Å². The zero-order valence-electron chi connectivity index (χ0n) is 20.1. The highest BCUT2D eigenvalue weighted by Gasteiger charge is 2.35. The third kappa shape index (κ3) is 4.15. The topological polar surface area (TPSA) is 42.6 Å². The predicted molar refractivity (Wildman–Crippen MR) is 143 cm³/mol. The van der Waals surface area contributed by atoms with E-state index in [4.69, 9.17) is 9.07 Å². The molecule has 0 unspecified atom stereocenters. The molecular weight excluding hydrogens is 419 g/mol. The van der Waals surface area contributed by atoms with Crippen molar-refractivity contribution in [2.45, 2.75) is 38.9 Å². The van der Waals surface area contributed by atoms with Gasteiger partial charge in [-0.05, 0) is 73.6 Å². The zero-order chi connectivity index (χ0) is 23.9. The third-order valence-corrected chi connectivity index (χ3v) is 6.92. The maximum atomic E-state index is 10.4. The van der Waals surface area contributed by atoms with Crippen LogP contribution in [0.25, 0.3) is 44.2 Å². The lowest BCUT2D eigenvalue weighted by molar-refractivity contribution is -0.0893. The maximum Gasteiger partial charge on any atom is 0.309 e. The Kier molecular flexibility index (Phi) is 5.59. The van der Waals surface area contributed by atoms with Gasteiger partial charge in [-0.2, -0.15) is 0 Å². The Morgan fingerprint density at radius 1 is 0.706 bits per heavy atom. The molecule has 0 aliphatic carbocycles. The molecule has 4 heteroatoms. The molecule has 0 amide bonds. The van der Waals surface area contributed by atoms with E-state index in [-0.39, 0.29) is 0 Å². The van der Waals surface area contributed by atoms with Crippen molar-refractivity contribution in [2.24, 2.45) is 0 Å². The van der Waals surface area contributed by atoms with Crippen LogP contribution in [0.3, 0.4) is 0 Å². The van der Waals surface area contributed by atoms with E-state index in [0.29, 0.717) is 7.48 Å². The lowest BCUT2D eigenvalue weighted by Gasteiger charge is -2.37. The van der Waals surface area contributed by atoms with Gasteiger partial charge in [0.2, 0.25) is 0 Å². The van der Waals surface area contributed by atoms with Gasteiger partial charge in [0.25, 0.3) is 0 Å². The normalized spacial score (nSPS) is 12.4. The van der Waals surface area contributed by atoms with E-state index >= 15 is 0 Å². The van der Waals surface area contributed by atoms with Gasteiger partial charge < -0.3 is 14.2 Å². The smallest absolute Gasteiger partial charge is 0.309 e. The summed E-state index contributed by atoms with van der Waals surface area (Å²) >= 11 is 0. The van der Waals surface area contributed by atoms with Gasteiger partial charge in [0.05, 0.1) is 11.2 Å². The third-order valence-electron chi connectivity index (χ3n) is 6.92. The van der Waals surface area contributed by atoms with Crippen LogP contribution in [-0.2, 0) is 4.65 Å². The Hall–Kier alpha value is -3.34. The minimum Gasteiger partial charge on any atom is -0.456 e. The molecule has 4 aromatic carbocycles. The van der Waals surface area contributed by atoms with Crippen LogP contribution < -0.4 is 5.46 Å². The van der Waals surface area contributed by atoms with E-state index in [0.717, 1.165) is 38.5 Å². The summed E-state index contributed by atoms with van der Waals surface area (Å²) in [6, 6.07) is 31.5. The average molecular weight is 448 g/mol. The number of hydrogen-bond acceptors (Lipinski definition) is 3. The predicted octanol–water partition coefficient (Wildman–Crippen LogP) is 6.46. The SMILES string of the molecule is CC(C)(O)C(C)(C)OBc1ccc2c(c1)oc1cccc(-c3cccc(-c4ccccc4)c3)c12. The Labute approximate surface area is 201 Å². The van der Waals surface area contributed by atoms with Crippen LogP contribution in [0.5, 0.6) is 0 Å². The lowest BCUT2D eigenvalue weighted by atomic mass is 9.82. The molecular formula is C30H29BO3. The van der Waals surface area contributed by atoms with Crippen molar-refractivity contribution in [1.29, 1.82) is 0 Å². The standard InChI is InChI=1S/C30H29BO3/c1-29(2,32)30(3,4)34-31-23-16-17-25-27(19-23)33-26-15-9-14-24(28(25)26)22-13-8-12-21(18-22)20-10-6-5-7-11-20/h5-19,31-32H,1-4H3. The summed E-state index contributed by atoms with van der Waals surface area (Å²) in [5, 5.41) is 12.6. The average Bonchev–Trinajstić information content (AvgIpc) is 3.21. The first-order chi connectivity index (χ1) is 16.2. The van der Waals surface area contributed by atoms with Crippen molar-refractivity contribution in [1.82, 2.24) is 0 Å². The Balaban J connectivity index is 1.54. The molecule has 0 fully saturated rings. The van der Waals surface area contributed by atoms with Crippen LogP contribution >= 0.6 is 0 Å². The van der Waals surface area contributed by atoms with Crippen molar-refractivity contribution in [2.75, 3.05) is 0 Å². The van der Waals surface area contributed by atoms with Crippen LogP contribution in [0.4, 0.5) is 0 Å². The zero-order valence-corrected chi connectivity index (χ0v) is 20.1. The fourth-order valence-corrected chi connectivity index (χ4v) is 4.14. The summed E-state index contributed by atoms with van der Waals surface area (Å²) in [6.45, 7) is 7.35. The van der Waals surface area contributed by atoms with Crippen LogP contribution in [0, 0.1) is 0 Å². The van der Waals surface area contributed by atoms with Crippen molar-refractivity contribution >= 4 is 34.9 Å². The van der Waals surface area contributed by atoms with Crippen molar-refractivity contribution < 1.29 is 14.2 Å². The maximum absolute atomic E-state index is 10.4. The molecule has 0 saturated carbocycles. The molecule has 0 saturated heterocycles. The van der Waals surface area contributed by atoms with Gasteiger partial charge in [0.1, 0.15) is 11.2 Å². The fourth-order valence-electron chi connectivity index (χ4n) is 4.14. The summed E-state index contributed by atoms with van der Waals surface area (Å²) < 4.78 is 12.3. The van der Waals surface area contributed by atoms with Gasteiger partial charge in [0.15, 0.2) is 0 Å². The number of aliphatic hydroxyl groups is 1. The molecule has 3 nitrogen and oxygen atoms in total. The second-order valence-electron chi connectivity index (χ2n) is 9.92. The molecule has 0 atom stereocenters. The van der Waals surface area contributed by atoms with E-state index in [1.54, 1.807) is 13.8 Å². The van der Waals surface area contributed by atoms with Crippen LogP contribution in [0.1, 0.15) is 27.7 Å². The minimum absolute atomic E-state index is 0.399. The quantitative estimate of drug-likeness (QED) is 0.303. The summed E-state index contributed by atoms with van der Waals surface area (Å²) in [5.41, 5.74) is 5.80. The first-order valence-electron chi connectivity index (χ1n) is 11.7. The van der Waals surface area contributed by atoms with Crippen molar-refractivity contribution in [3.8, 4) is 22.3 Å². The summed E-state index contributed by atoms with van der Waals surface area (Å²) in [7, 11) is 0.399. The molecule has 0 radical (unpaired) electrons. The Bertz CT molecular complexity index is 1460. The lowest BCUT2D eigenvalue weighted by Crippen LogP contribution is -2.49. The molecule has 170 valence electrons. The van der Waals surface area contributed by atoms with Crippen molar-refractivity contribution in [3.63, 3.8) is 0 Å². The molecule has 1 N–H and O–H groups in total. The highest BCUT2D eigenvalue weighted by molar-refractivity contribution is 6.47. The number of furan rings is 1. The van der Waals surface area contributed by atoms with Gasteiger partial charge in [-0.25, -0.2) is 0 Å². The summed E-state index contributed by atoms with van der Waals surface area (Å²) in [5.74, 6) is 0. The first kappa shape index (κ1) is 22.5. The number of rotatable bonds is 6. The van der Waals surface area contributed by atoms with Gasteiger partial charge in [0, 0.05) is 10.8 Å². The minimum atomic E-state index is -0.945. The van der Waals surface area contributed by atoms with E-state index in [1.165, 1.54) is 11.1 Å². The molecule has 34 heavy (non-hydrogen) atoms. The molecule has 5 aromatic rings. The number of hydrogen-bond donors (Lipinski definition) is 1. The van der Waals surface area contributed by atoms with Gasteiger partial charge in [-0.1, -0.05) is 72.8 Å². The van der Waals surface area contributed by atoms with Gasteiger partial charge in [-0.15, -0.1) is 0 Å². The Morgan fingerprint density at radius 2 is 1.41 bits per heavy atom. The molecule has 0 spiro atoms. The molecule has 0 aliphatic heterocycles. The fraction of sp³-hybridized carbons (Fsp3) is 0.200. The summed E-state index contributed by atoms with van der Waals surface area (Å²) in [4.78, 5) is 0. The van der Waals surface area contributed by atoms with Gasteiger partial charge in [-0.3, -0.25) is 0 Å². The van der Waals surface area contributed by atoms with E-state index in [1.807, 2.05) is 38.1 Å². The van der Waals surface area contributed by atoms with E-state index in [2.05, 4.69) is 66.7 Å². The number of fused-ring (bicyclic) bond motifs is 3. The highest BCUT2D eigenvalue weighted by atomic mass is 16.5. The van der Waals surface area contributed by atoms with Gasteiger partial charge >= 0.3 is 7.48 Å². The van der Waals surface area contributed by atoms with E-state index in [9.17, 15) is 5.11 Å². The highest BCUT2D eigenvalue weighted by Crippen LogP contribution is 2.37. The second-order valence-corrected chi connectivity index (χ2v) is 9.92. The first-order valence-corrected chi connectivity index (χ1v) is 11.7. The second kappa shape index (κ2) is 8.46. The molecule has 0 bridgehead atoms. The molecule has 0 aliphatic rings. The largest absolute Gasteiger partial charge is 0.456 e. The molecule has 1 aromatic heterocycles. The molecule has 5 rings (SSSR count).